The Morgan fingerprint density at radius 3 is 2.65 bits per heavy atom. The van der Waals surface area contributed by atoms with Crippen LogP contribution in [0.4, 0.5) is 10.2 Å². The number of aliphatic hydroxyl groups excluding tert-OH is 1. The maximum Gasteiger partial charge on any atom is 0.184 e. The zero-order valence-corrected chi connectivity index (χ0v) is 12.9. The molecule has 0 aliphatic carbocycles. The van der Waals surface area contributed by atoms with E-state index in [0.29, 0.717) is 35.9 Å². The van der Waals surface area contributed by atoms with Crippen molar-refractivity contribution < 1.29 is 9.50 Å². The van der Waals surface area contributed by atoms with Crippen LogP contribution in [-0.4, -0.2) is 50.3 Å². The summed E-state index contributed by atoms with van der Waals surface area (Å²) >= 11 is 0. The van der Waals surface area contributed by atoms with Crippen molar-refractivity contribution in [3.63, 3.8) is 0 Å². The molecule has 0 amide bonds. The van der Waals surface area contributed by atoms with Gasteiger partial charge in [-0.3, -0.25) is 0 Å². The van der Waals surface area contributed by atoms with E-state index in [1.54, 1.807) is 23.7 Å². The normalized spacial score (nSPS) is 11.1. The summed E-state index contributed by atoms with van der Waals surface area (Å²) in [5, 5.41) is 17.4. The fourth-order valence-electron chi connectivity index (χ4n) is 2.34. The zero-order chi connectivity index (χ0) is 16.4. The molecular formula is C15H17FN6O. The third-order valence-electron chi connectivity index (χ3n) is 3.50. The van der Waals surface area contributed by atoms with Crippen LogP contribution in [0.1, 0.15) is 11.4 Å². The summed E-state index contributed by atoms with van der Waals surface area (Å²) in [4.78, 5) is 10.6. The molecule has 8 heteroatoms. The SMILES string of the molecule is Cc1nc(N(C)CCO)c2nnn(Cc3ccc(F)cc3)c2n1. The lowest BCUT2D eigenvalue weighted by molar-refractivity contribution is 0.304. The molecule has 1 aromatic carbocycles. The van der Waals surface area contributed by atoms with Crippen LogP contribution in [0.5, 0.6) is 0 Å². The van der Waals surface area contributed by atoms with Crippen LogP contribution >= 0.6 is 0 Å². The molecular weight excluding hydrogens is 299 g/mol. The molecule has 0 unspecified atom stereocenters. The maximum absolute atomic E-state index is 13.0. The molecule has 3 aromatic rings. The molecule has 0 bridgehead atoms. The molecule has 7 nitrogen and oxygen atoms in total. The lowest BCUT2D eigenvalue weighted by Crippen LogP contribution is -2.23. The van der Waals surface area contributed by atoms with Gasteiger partial charge in [-0.2, -0.15) is 0 Å². The number of aliphatic hydroxyl groups is 1. The number of benzene rings is 1. The van der Waals surface area contributed by atoms with Crippen molar-refractivity contribution >= 4 is 17.0 Å². The summed E-state index contributed by atoms with van der Waals surface area (Å²) in [5.41, 5.74) is 2.09. The number of aryl methyl sites for hydroxylation is 1. The summed E-state index contributed by atoms with van der Waals surface area (Å²) < 4.78 is 14.7. The van der Waals surface area contributed by atoms with Gasteiger partial charge in [-0.05, 0) is 24.6 Å². The smallest absolute Gasteiger partial charge is 0.184 e. The Morgan fingerprint density at radius 1 is 1.22 bits per heavy atom. The van der Waals surface area contributed by atoms with Gasteiger partial charge in [-0.1, -0.05) is 17.3 Å². The van der Waals surface area contributed by atoms with Crippen molar-refractivity contribution in [1.29, 1.82) is 0 Å². The second-order valence-electron chi connectivity index (χ2n) is 5.29. The van der Waals surface area contributed by atoms with Gasteiger partial charge in [0.05, 0.1) is 13.2 Å². The molecule has 0 saturated carbocycles. The van der Waals surface area contributed by atoms with E-state index >= 15 is 0 Å². The van der Waals surface area contributed by atoms with Gasteiger partial charge >= 0.3 is 0 Å². The number of anilines is 1. The molecule has 0 atom stereocenters. The molecule has 0 saturated heterocycles. The molecule has 0 aliphatic heterocycles. The average molecular weight is 316 g/mol. The van der Waals surface area contributed by atoms with Gasteiger partial charge in [0.15, 0.2) is 17.0 Å². The summed E-state index contributed by atoms with van der Waals surface area (Å²) in [6.07, 6.45) is 0. The minimum atomic E-state index is -0.275. The van der Waals surface area contributed by atoms with Crippen molar-refractivity contribution in [2.75, 3.05) is 25.1 Å². The molecule has 0 spiro atoms. The number of aromatic nitrogens is 5. The van der Waals surface area contributed by atoms with Gasteiger partial charge in [-0.25, -0.2) is 19.0 Å². The maximum atomic E-state index is 13.0. The number of halogens is 1. The van der Waals surface area contributed by atoms with Gasteiger partial charge < -0.3 is 10.0 Å². The number of hydrogen-bond acceptors (Lipinski definition) is 6. The minimum absolute atomic E-state index is 0.0186. The predicted octanol–water partition coefficient (Wildman–Crippen LogP) is 1.15. The van der Waals surface area contributed by atoms with Crippen molar-refractivity contribution in [2.45, 2.75) is 13.5 Å². The van der Waals surface area contributed by atoms with Crippen LogP contribution in [0.25, 0.3) is 11.2 Å². The molecule has 0 aliphatic rings. The standard InChI is InChI=1S/C15H17FN6O/c1-10-17-14(21(2)7-8-23)13-15(18-10)22(20-19-13)9-11-3-5-12(16)6-4-11/h3-6,23H,7-9H2,1-2H3. The van der Waals surface area contributed by atoms with E-state index in [9.17, 15) is 4.39 Å². The quantitative estimate of drug-likeness (QED) is 0.760. The van der Waals surface area contributed by atoms with Crippen molar-refractivity contribution in [1.82, 2.24) is 25.0 Å². The van der Waals surface area contributed by atoms with Gasteiger partial charge in [0.2, 0.25) is 0 Å². The van der Waals surface area contributed by atoms with Crippen LogP contribution < -0.4 is 4.90 Å². The summed E-state index contributed by atoms with van der Waals surface area (Å²) in [6, 6.07) is 6.23. The Morgan fingerprint density at radius 2 is 1.96 bits per heavy atom. The number of likely N-dealkylation sites (N-methyl/N-ethyl adjacent to an activating group) is 1. The fraction of sp³-hybridized carbons (Fsp3) is 0.333. The molecule has 0 radical (unpaired) electrons. The van der Waals surface area contributed by atoms with E-state index in [0.717, 1.165) is 5.56 Å². The molecule has 2 aromatic heterocycles. The van der Waals surface area contributed by atoms with Crippen LogP contribution in [-0.2, 0) is 6.54 Å². The van der Waals surface area contributed by atoms with E-state index in [2.05, 4.69) is 20.3 Å². The summed E-state index contributed by atoms with van der Waals surface area (Å²) in [5.74, 6) is 0.954. The lowest BCUT2D eigenvalue weighted by atomic mass is 10.2. The third-order valence-corrected chi connectivity index (χ3v) is 3.50. The largest absolute Gasteiger partial charge is 0.395 e. The van der Waals surface area contributed by atoms with Crippen molar-refractivity contribution in [3.05, 3.63) is 41.5 Å². The Balaban J connectivity index is 2.01. The van der Waals surface area contributed by atoms with E-state index in [4.69, 9.17) is 5.11 Å². The first kappa shape index (κ1) is 15.3. The monoisotopic (exact) mass is 316 g/mol. The molecule has 23 heavy (non-hydrogen) atoms. The summed E-state index contributed by atoms with van der Waals surface area (Å²) in [7, 11) is 1.83. The topological polar surface area (TPSA) is 80.0 Å². The van der Waals surface area contributed by atoms with Gasteiger partial charge in [-0.15, -0.1) is 5.10 Å². The highest BCUT2D eigenvalue weighted by atomic mass is 19.1. The summed E-state index contributed by atoms with van der Waals surface area (Å²) in [6.45, 7) is 2.70. The van der Waals surface area contributed by atoms with Crippen LogP contribution in [0, 0.1) is 12.7 Å². The molecule has 1 N–H and O–H groups in total. The molecule has 3 rings (SSSR count). The Labute approximate surface area is 132 Å². The molecule has 120 valence electrons. The predicted molar refractivity (Wildman–Crippen MR) is 83.7 cm³/mol. The molecule has 0 fully saturated rings. The van der Waals surface area contributed by atoms with Crippen LogP contribution in [0.3, 0.4) is 0 Å². The van der Waals surface area contributed by atoms with E-state index in [-0.39, 0.29) is 12.4 Å². The Kier molecular flexibility index (Phi) is 4.16. The van der Waals surface area contributed by atoms with Crippen LogP contribution in [0.15, 0.2) is 24.3 Å². The highest BCUT2D eigenvalue weighted by molar-refractivity contribution is 5.82. The second kappa shape index (κ2) is 6.25. The third kappa shape index (κ3) is 3.11. The van der Waals surface area contributed by atoms with Crippen molar-refractivity contribution in [3.8, 4) is 0 Å². The first-order valence-electron chi connectivity index (χ1n) is 7.23. The average Bonchev–Trinajstić information content (AvgIpc) is 2.92. The Bertz CT molecular complexity index is 817. The van der Waals surface area contributed by atoms with Gasteiger partial charge in [0.25, 0.3) is 0 Å². The molecule has 2 heterocycles. The number of nitrogens with zero attached hydrogens (tertiary/aromatic N) is 6. The zero-order valence-electron chi connectivity index (χ0n) is 12.9. The highest BCUT2D eigenvalue weighted by Gasteiger charge is 2.16. The Hall–Kier alpha value is -2.61. The second-order valence-corrected chi connectivity index (χ2v) is 5.29. The van der Waals surface area contributed by atoms with E-state index in [1.807, 2.05) is 11.9 Å². The minimum Gasteiger partial charge on any atom is -0.395 e. The number of hydrogen-bond donors (Lipinski definition) is 1. The van der Waals surface area contributed by atoms with E-state index < -0.39 is 0 Å². The number of rotatable bonds is 5. The van der Waals surface area contributed by atoms with Gasteiger partial charge in [0.1, 0.15) is 11.6 Å². The first-order chi connectivity index (χ1) is 11.1. The van der Waals surface area contributed by atoms with Crippen molar-refractivity contribution in [2.24, 2.45) is 0 Å². The highest BCUT2D eigenvalue weighted by Crippen LogP contribution is 2.21. The lowest BCUT2D eigenvalue weighted by Gasteiger charge is -2.16. The van der Waals surface area contributed by atoms with Crippen LogP contribution in [0.2, 0.25) is 0 Å². The number of fused-ring (bicyclic) bond motifs is 1. The van der Waals surface area contributed by atoms with E-state index in [1.165, 1.54) is 12.1 Å². The fourth-order valence-corrected chi connectivity index (χ4v) is 2.34. The van der Waals surface area contributed by atoms with Gasteiger partial charge in [0, 0.05) is 13.6 Å². The first-order valence-corrected chi connectivity index (χ1v) is 7.23.